The Balaban J connectivity index is 1.72. The van der Waals surface area contributed by atoms with Crippen molar-refractivity contribution in [2.24, 2.45) is 0 Å². The van der Waals surface area contributed by atoms with E-state index in [1.807, 2.05) is 0 Å². The lowest BCUT2D eigenvalue weighted by atomic mass is 10.0. The van der Waals surface area contributed by atoms with Gasteiger partial charge in [-0.2, -0.15) is 0 Å². The number of nitrogens with one attached hydrogen (secondary N) is 1. The summed E-state index contributed by atoms with van der Waals surface area (Å²) in [5.74, 6) is 0.856. The van der Waals surface area contributed by atoms with Crippen LogP contribution in [0.1, 0.15) is 31.9 Å². The number of hydrogen-bond acceptors (Lipinski definition) is 5. The molecule has 0 saturated heterocycles. The van der Waals surface area contributed by atoms with Gasteiger partial charge in [0.05, 0.1) is 5.39 Å². The Kier molecular flexibility index (Phi) is 6.00. The fourth-order valence-electron chi connectivity index (χ4n) is 3.80. The van der Waals surface area contributed by atoms with Crippen LogP contribution in [0, 0.1) is 6.92 Å². The van der Waals surface area contributed by atoms with Gasteiger partial charge in [-0.05, 0) is 62.1 Å². The third-order valence-electron chi connectivity index (χ3n) is 5.64. The van der Waals surface area contributed by atoms with Gasteiger partial charge in [0, 0.05) is 35.4 Å². The van der Waals surface area contributed by atoms with Crippen molar-refractivity contribution in [3.8, 4) is 11.1 Å². The lowest BCUT2D eigenvalue weighted by molar-refractivity contribution is 0.866. The average Bonchev–Trinajstić information content (AvgIpc) is 3.21. The van der Waals surface area contributed by atoms with Crippen LogP contribution >= 0.6 is 11.3 Å². The van der Waals surface area contributed by atoms with Crippen LogP contribution in [0.2, 0.25) is 0 Å². The molecule has 0 amide bonds. The predicted molar refractivity (Wildman–Crippen MR) is 130 cm³/mol. The van der Waals surface area contributed by atoms with Crippen LogP contribution in [-0.4, -0.2) is 23.1 Å². The number of aryl methyl sites for hydroxylation is 2. The van der Waals surface area contributed by atoms with Crippen LogP contribution in [0.25, 0.3) is 21.3 Å². The molecule has 0 atom stereocenters. The number of fused-ring (bicyclic) bond motifs is 1. The number of aromatic nitrogens is 2. The van der Waals surface area contributed by atoms with E-state index in [-0.39, 0.29) is 0 Å². The fraction of sp³-hybridized carbons (Fsp3) is 0.280. The van der Waals surface area contributed by atoms with E-state index in [2.05, 4.69) is 95.7 Å². The van der Waals surface area contributed by atoms with Crippen molar-refractivity contribution in [2.45, 2.75) is 34.1 Å². The molecule has 0 bridgehead atoms. The van der Waals surface area contributed by atoms with Crippen molar-refractivity contribution in [1.29, 1.82) is 0 Å². The minimum Gasteiger partial charge on any atom is -0.372 e. The quantitative estimate of drug-likeness (QED) is 0.359. The standard InChI is InChI=1S/C25H28N4S/c1-5-18-8-10-19(11-9-18)21-15-30-25-23(21)24(26-16-27-25)28-22-13-12-20(14-17(22)4)29(6-2)7-3/h8-16H,5-7H2,1-4H3,(H,26,27,28). The van der Waals surface area contributed by atoms with Gasteiger partial charge in [-0.3, -0.25) is 0 Å². The highest BCUT2D eigenvalue weighted by atomic mass is 32.1. The molecular weight excluding hydrogens is 388 g/mol. The second kappa shape index (κ2) is 8.84. The minimum atomic E-state index is 0.856. The maximum Gasteiger partial charge on any atom is 0.143 e. The molecule has 0 aliphatic heterocycles. The van der Waals surface area contributed by atoms with Crippen molar-refractivity contribution in [2.75, 3.05) is 23.3 Å². The topological polar surface area (TPSA) is 41.1 Å². The van der Waals surface area contributed by atoms with Gasteiger partial charge in [0.25, 0.3) is 0 Å². The first-order valence-electron chi connectivity index (χ1n) is 10.6. The molecule has 2 aromatic carbocycles. The highest BCUT2D eigenvalue weighted by molar-refractivity contribution is 7.17. The van der Waals surface area contributed by atoms with E-state index < -0.39 is 0 Å². The first-order valence-corrected chi connectivity index (χ1v) is 11.5. The Morgan fingerprint density at radius 1 is 0.967 bits per heavy atom. The highest BCUT2D eigenvalue weighted by Gasteiger charge is 2.14. The van der Waals surface area contributed by atoms with E-state index in [0.717, 1.165) is 41.2 Å². The van der Waals surface area contributed by atoms with E-state index in [1.54, 1.807) is 17.7 Å². The third-order valence-corrected chi connectivity index (χ3v) is 6.52. The summed E-state index contributed by atoms with van der Waals surface area (Å²) in [7, 11) is 0. The van der Waals surface area contributed by atoms with Gasteiger partial charge >= 0.3 is 0 Å². The van der Waals surface area contributed by atoms with Gasteiger partial charge in [0.2, 0.25) is 0 Å². The number of hydrogen-bond donors (Lipinski definition) is 1. The molecule has 4 nitrogen and oxygen atoms in total. The van der Waals surface area contributed by atoms with Gasteiger partial charge in [0.1, 0.15) is 17.0 Å². The number of rotatable bonds is 7. The fourth-order valence-corrected chi connectivity index (χ4v) is 4.72. The van der Waals surface area contributed by atoms with E-state index >= 15 is 0 Å². The van der Waals surface area contributed by atoms with Gasteiger partial charge in [-0.15, -0.1) is 11.3 Å². The van der Waals surface area contributed by atoms with Crippen LogP contribution in [0.3, 0.4) is 0 Å². The zero-order valence-corrected chi connectivity index (χ0v) is 18.9. The number of nitrogens with zero attached hydrogens (tertiary/aromatic N) is 3. The molecule has 5 heteroatoms. The predicted octanol–water partition coefficient (Wildman–Crippen LogP) is 6.82. The van der Waals surface area contributed by atoms with Crippen molar-refractivity contribution in [3.63, 3.8) is 0 Å². The Morgan fingerprint density at radius 3 is 2.40 bits per heavy atom. The molecule has 0 aliphatic carbocycles. The molecule has 0 fully saturated rings. The zero-order chi connectivity index (χ0) is 21.1. The number of anilines is 3. The molecule has 30 heavy (non-hydrogen) atoms. The van der Waals surface area contributed by atoms with Gasteiger partial charge in [-0.25, -0.2) is 9.97 Å². The summed E-state index contributed by atoms with van der Waals surface area (Å²) in [5.41, 5.74) is 7.25. The smallest absolute Gasteiger partial charge is 0.143 e. The Morgan fingerprint density at radius 2 is 1.73 bits per heavy atom. The molecule has 0 unspecified atom stereocenters. The SMILES string of the molecule is CCc1ccc(-c2csc3ncnc(Nc4ccc(N(CC)CC)cc4C)c23)cc1. The Labute approximate surface area is 182 Å². The second-order valence-electron chi connectivity index (χ2n) is 7.40. The Hall–Kier alpha value is -2.92. The summed E-state index contributed by atoms with van der Waals surface area (Å²) in [6.07, 6.45) is 2.69. The molecule has 154 valence electrons. The number of thiophene rings is 1. The molecule has 0 spiro atoms. The second-order valence-corrected chi connectivity index (χ2v) is 8.26. The zero-order valence-electron chi connectivity index (χ0n) is 18.1. The first kappa shape index (κ1) is 20.4. The van der Waals surface area contributed by atoms with E-state index in [1.165, 1.54) is 27.9 Å². The molecular formula is C25H28N4S. The molecule has 2 heterocycles. The maximum atomic E-state index is 4.60. The normalized spacial score (nSPS) is 11.1. The first-order chi connectivity index (χ1) is 14.6. The van der Waals surface area contributed by atoms with Crippen LogP contribution in [-0.2, 0) is 6.42 Å². The summed E-state index contributed by atoms with van der Waals surface area (Å²) in [6.45, 7) is 10.7. The van der Waals surface area contributed by atoms with Crippen molar-refractivity contribution in [1.82, 2.24) is 9.97 Å². The summed E-state index contributed by atoms with van der Waals surface area (Å²) in [6, 6.07) is 15.4. The van der Waals surface area contributed by atoms with Crippen LogP contribution in [0.4, 0.5) is 17.2 Å². The molecule has 4 aromatic rings. The Bertz CT molecular complexity index is 1140. The summed E-state index contributed by atoms with van der Waals surface area (Å²) >= 11 is 1.66. The molecule has 4 rings (SSSR count). The summed E-state index contributed by atoms with van der Waals surface area (Å²) < 4.78 is 0. The van der Waals surface area contributed by atoms with Gasteiger partial charge in [-0.1, -0.05) is 31.2 Å². The van der Waals surface area contributed by atoms with Gasteiger partial charge < -0.3 is 10.2 Å². The van der Waals surface area contributed by atoms with E-state index in [0.29, 0.717) is 0 Å². The molecule has 1 N–H and O–H groups in total. The van der Waals surface area contributed by atoms with Crippen molar-refractivity contribution in [3.05, 3.63) is 65.3 Å². The largest absolute Gasteiger partial charge is 0.372 e. The molecule has 0 aliphatic rings. The molecule has 2 aromatic heterocycles. The van der Waals surface area contributed by atoms with E-state index in [4.69, 9.17) is 0 Å². The third kappa shape index (κ3) is 3.90. The van der Waals surface area contributed by atoms with Gasteiger partial charge in [0.15, 0.2) is 0 Å². The van der Waals surface area contributed by atoms with Crippen LogP contribution < -0.4 is 10.2 Å². The lowest BCUT2D eigenvalue weighted by Crippen LogP contribution is -2.21. The maximum absolute atomic E-state index is 4.60. The summed E-state index contributed by atoms with van der Waals surface area (Å²) in [4.78, 5) is 12.5. The minimum absolute atomic E-state index is 0.856. The molecule has 0 radical (unpaired) electrons. The average molecular weight is 417 g/mol. The number of benzene rings is 2. The molecule has 0 saturated carbocycles. The lowest BCUT2D eigenvalue weighted by Gasteiger charge is -2.22. The van der Waals surface area contributed by atoms with E-state index in [9.17, 15) is 0 Å². The monoisotopic (exact) mass is 416 g/mol. The van der Waals surface area contributed by atoms with Crippen molar-refractivity contribution >= 4 is 38.7 Å². The summed E-state index contributed by atoms with van der Waals surface area (Å²) in [5, 5.41) is 6.84. The van der Waals surface area contributed by atoms with Crippen LogP contribution in [0.5, 0.6) is 0 Å². The van der Waals surface area contributed by atoms with Crippen molar-refractivity contribution < 1.29 is 0 Å². The highest BCUT2D eigenvalue weighted by Crippen LogP contribution is 2.38. The van der Waals surface area contributed by atoms with Crippen LogP contribution in [0.15, 0.2) is 54.2 Å².